The predicted molar refractivity (Wildman–Crippen MR) is 99.8 cm³/mol. The molecule has 1 aromatic carbocycles. The van der Waals surface area contributed by atoms with Crippen molar-refractivity contribution < 1.29 is 41.0 Å². The Morgan fingerprint density at radius 3 is 2.47 bits per heavy atom. The third-order valence-corrected chi connectivity index (χ3v) is 5.92. The second-order valence-corrected chi connectivity index (χ2v) is 8.00. The number of aliphatic hydroxyl groups excluding tert-OH is 1. The largest absolute Gasteiger partial charge is 0.419 e. The summed E-state index contributed by atoms with van der Waals surface area (Å²) in [7, 11) is 0. The zero-order chi connectivity index (χ0) is 23.4. The fraction of sp³-hybridized carbons (Fsp3) is 0.400. The van der Waals surface area contributed by atoms with Crippen LogP contribution in [0.4, 0.5) is 32.2 Å². The number of hydrogen-bond acceptors (Lipinski definition) is 4. The van der Waals surface area contributed by atoms with E-state index < -0.39 is 64.7 Å². The first-order chi connectivity index (χ1) is 14.9. The Morgan fingerprint density at radius 1 is 1.12 bits per heavy atom. The zero-order valence-electron chi connectivity index (χ0n) is 15.9. The van der Waals surface area contributed by atoms with Crippen molar-refractivity contribution in [1.82, 2.24) is 4.98 Å². The minimum absolute atomic E-state index is 0.0966. The van der Waals surface area contributed by atoms with E-state index in [0.29, 0.717) is 6.07 Å². The van der Waals surface area contributed by atoms with Crippen molar-refractivity contribution in [2.45, 2.75) is 43.0 Å². The number of rotatable bonds is 3. The quantitative estimate of drug-likeness (QED) is 0.496. The second kappa shape index (κ2) is 7.89. The highest BCUT2D eigenvalue weighted by atomic mass is 35.5. The minimum atomic E-state index is -4.73. The van der Waals surface area contributed by atoms with Crippen molar-refractivity contribution in [2.24, 2.45) is 5.92 Å². The number of hydrogen-bond donors (Lipinski definition) is 2. The monoisotopic (exact) mass is 480 g/mol. The maximum absolute atomic E-state index is 13.2. The molecule has 4 rings (SSSR count). The highest BCUT2D eigenvalue weighted by molar-refractivity contribution is 6.30. The molecule has 0 aliphatic carbocycles. The lowest BCUT2D eigenvalue weighted by atomic mass is 9.73. The van der Waals surface area contributed by atoms with E-state index in [2.05, 4.69) is 10.3 Å². The van der Waals surface area contributed by atoms with Gasteiger partial charge in [-0.25, -0.2) is 4.98 Å². The lowest BCUT2D eigenvalue weighted by Gasteiger charge is -2.30. The number of nitrogens with zero attached hydrogens (tertiary/aromatic N) is 1. The fourth-order valence-corrected chi connectivity index (χ4v) is 4.55. The summed E-state index contributed by atoms with van der Waals surface area (Å²) in [6.07, 6.45) is -11.9. The molecule has 3 heterocycles. The summed E-state index contributed by atoms with van der Waals surface area (Å²) in [4.78, 5) is 16.5. The molecule has 5 atom stereocenters. The number of pyridine rings is 1. The Bertz CT molecular complexity index is 1040. The van der Waals surface area contributed by atoms with E-state index in [1.165, 1.54) is 12.1 Å². The van der Waals surface area contributed by atoms with Gasteiger partial charge in [-0.1, -0.05) is 29.8 Å². The summed E-state index contributed by atoms with van der Waals surface area (Å²) in [6.45, 7) is 0. The van der Waals surface area contributed by atoms with Crippen molar-refractivity contribution in [3.05, 3.63) is 58.2 Å². The summed E-state index contributed by atoms with van der Waals surface area (Å²) in [6, 6.07) is 5.98. The number of carbonyl (C=O) groups is 1. The molecule has 0 spiro atoms. The van der Waals surface area contributed by atoms with Crippen LogP contribution < -0.4 is 5.32 Å². The lowest BCUT2D eigenvalue weighted by molar-refractivity contribution is -0.138. The molecule has 32 heavy (non-hydrogen) atoms. The average Bonchev–Trinajstić information content (AvgIpc) is 3.23. The van der Waals surface area contributed by atoms with Crippen molar-refractivity contribution in [3.8, 4) is 0 Å². The molecule has 5 unspecified atom stereocenters. The van der Waals surface area contributed by atoms with Crippen LogP contribution in [0.25, 0.3) is 0 Å². The number of ether oxygens (including phenoxy) is 1. The number of aromatic nitrogens is 1. The number of nitrogens with one attached hydrogen (secondary N) is 1. The van der Waals surface area contributed by atoms with E-state index in [9.17, 15) is 36.2 Å². The van der Waals surface area contributed by atoms with Gasteiger partial charge in [0, 0.05) is 12.3 Å². The van der Waals surface area contributed by atoms with Gasteiger partial charge in [0.25, 0.3) is 0 Å². The lowest BCUT2D eigenvalue weighted by Crippen LogP contribution is -2.41. The van der Waals surface area contributed by atoms with Gasteiger partial charge in [0.1, 0.15) is 11.0 Å². The van der Waals surface area contributed by atoms with Gasteiger partial charge < -0.3 is 15.2 Å². The molecular formula is C20H15ClF6N2O3. The van der Waals surface area contributed by atoms with Gasteiger partial charge in [0.15, 0.2) is 0 Å². The smallest absolute Gasteiger partial charge is 0.390 e. The summed E-state index contributed by atoms with van der Waals surface area (Å²) in [5.74, 6) is -2.85. The third-order valence-electron chi connectivity index (χ3n) is 5.63. The van der Waals surface area contributed by atoms with Gasteiger partial charge in [0.05, 0.1) is 35.4 Å². The zero-order valence-corrected chi connectivity index (χ0v) is 16.7. The SMILES string of the molecule is O=C(Nc1ccc(C(F)(F)F)c(Cl)n1)C1C2CC(O)C(O2)C1c1cccc(C(F)(F)F)c1. The van der Waals surface area contributed by atoms with Crippen LogP contribution in [0.3, 0.4) is 0 Å². The first-order valence-electron chi connectivity index (χ1n) is 9.41. The van der Waals surface area contributed by atoms with Gasteiger partial charge in [0.2, 0.25) is 5.91 Å². The summed E-state index contributed by atoms with van der Waals surface area (Å²) in [5.41, 5.74) is -1.93. The maximum Gasteiger partial charge on any atom is 0.419 e. The van der Waals surface area contributed by atoms with Gasteiger partial charge in [-0.2, -0.15) is 26.3 Å². The second-order valence-electron chi connectivity index (χ2n) is 7.64. The fourth-order valence-electron chi connectivity index (χ4n) is 4.29. The normalized spacial score (nSPS) is 27.6. The highest BCUT2D eigenvalue weighted by Crippen LogP contribution is 2.50. The number of carbonyl (C=O) groups excluding carboxylic acids is 1. The van der Waals surface area contributed by atoms with Crippen molar-refractivity contribution in [1.29, 1.82) is 0 Å². The number of fused-ring (bicyclic) bond motifs is 2. The van der Waals surface area contributed by atoms with E-state index in [-0.39, 0.29) is 17.8 Å². The molecule has 2 aliphatic heterocycles. The summed E-state index contributed by atoms with van der Waals surface area (Å²) in [5, 5.41) is 11.7. The average molecular weight is 481 g/mol. The number of anilines is 1. The molecule has 1 aromatic heterocycles. The molecule has 2 fully saturated rings. The first-order valence-corrected chi connectivity index (χ1v) is 9.79. The molecule has 0 radical (unpaired) electrons. The number of benzene rings is 1. The Labute approximate surface area is 182 Å². The summed E-state index contributed by atoms with van der Waals surface area (Å²) < 4.78 is 83.7. The summed E-state index contributed by atoms with van der Waals surface area (Å²) >= 11 is 5.58. The number of amides is 1. The molecule has 0 saturated carbocycles. The molecule has 5 nitrogen and oxygen atoms in total. The van der Waals surface area contributed by atoms with Crippen LogP contribution in [-0.2, 0) is 21.9 Å². The van der Waals surface area contributed by atoms with E-state index in [4.69, 9.17) is 16.3 Å². The Kier molecular flexibility index (Phi) is 5.62. The van der Waals surface area contributed by atoms with Crippen LogP contribution in [0.1, 0.15) is 29.0 Å². The van der Waals surface area contributed by atoms with Gasteiger partial charge >= 0.3 is 12.4 Å². The van der Waals surface area contributed by atoms with Crippen LogP contribution in [0.2, 0.25) is 5.15 Å². The molecule has 2 bridgehead atoms. The van der Waals surface area contributed by atoms with Gasteiger partial charge in [-0.3, -0.25) is 4.79 Å². The first kappa shape index (κ1) is 22.8. The van der Waals surface area contributed by atoms with E-state index in [0.717, 1.165) is 18.2 Å². The van der Waals surface area contributed by atoms with E-state index in [1.807, 2.05) is 0 Å². The van der Waals surface area contributed by atoms with Crippen LogP contribution in [0, 0.1) is 5.92 Å². The molecule has 2 saturated heterocycles. The Hall–Kier alpha value is -2.37. The highest BCUT2D eigenvalue weighted by Gasteiger charge is 2.57. The van der Waals surface area contributed by atoms with Crippen LogP contribution in [0.5, 0.6) is 0 Å². The molecule has 1 amide bonds. The van der Waals surface area contributed by atoms with Crippen molar-refractivity contribution in [2.75, 3.05) is 5.32 Å². The molecule has 2 N–H and O–H groups in total. The van der Waals surface area contributed by atoms with Gasteiger partial charge in [-0.05, 0) is 23.8 Å². The Morgan fingerprint density at radius 2 is 1.84 bits per heavy atom. The number of alkyl halides is 6. The third kappa shape index (κ3) is 4.16. The number of aliphatic hydroxyl groups is 1. The maximum atomic E-state index is 13.2. The minimum Gasteiger partial charge on any atom is -0.390 e. The molecule has 12 heteroatoms. The predicted octanol–water partition coefficient (Wildman–Crippen LogP) is 4.64. The van der Waals surface area contributed by atoms with Crippen molar-refractivity contribution >= 4 is 23.3 Å². The van der Waals surface area contributed by atoms with Crippen LogP contribution in [-0.4, -0.2) is 34.3 Å². The van der Waals surface area contributed by atoms with Gasteiger partial charge in [-0.15, -0.1) is 0 Å². The van der Waals surface area contributed by atoms with Crippen molar-refractivity contribution in [3.63, 3.8) is 0 Å². The standard InChI is InChI=1S/C20H15ClF6N2O3/c21-17-10(20(25,26)27)4-5-13(28-17)29-18(31)15-12-7-11(30)16(32-12)14(15)8-2-1-3-9(6-8)19(22,23)24/h1-6,11-12,14-16,30H,7H2,(H,28,29,31). The molecule has 172 valence electrons. The van der Waals surface area contributed by atoms with E-state index >= 15 is 0 Å². The van der Waals surface area contributed by atoms with Crippen LogP contribution >= 0.6 is 11.6 Å². The van der Waals surface area contributed by atoms with E-state index in [1.54, 1.807) is 0 Å². The number of halogens is 7. The molecule has 2 aliphatic rings. The topological polar surface area (TPSA) is 71.5 Å². The molecular weight excluding hydrogens is 466 g/mol. The van der Waals surface area contributed by atoms with Crippen LogP contribution in [0.15, 0.2) is 36.4 Å². The molecule has 2 aromatic rings. The Balaban J connectivity index is 1.62.